The van der Waals surface area contributed by atoms with Crippen molar-refractivity contribution in [3.63, 3.8) is 0 Å². The van der Waals surface area contributed by atoms with Crippen LogP contribution in [0.2, 0.25) is 0 Å². The third kappa shape index (κ3) is 6.43. The van der Waals surface area contributed by atoms with Gasteiger partial charge in [0.1, 0.15) is 11.8 Å². The van der Waals surface area contributed by atoms with Gasteiger partial charge in [-0.1, -0.05) is 30.3 Å². The Labute approximate surface area is 197 Å². The molecule has 34 heavy (non-hydrogen) atoms. The number of anilines is 1. The first-order chi connectivity index (χ1) is 16.4. The monoisotopic (exact) mass is 461 g/mol. The Bertz CT molecular complexity index is 1160. The van der Waals surface area contributed by atoms with E-state index in [-0.39, 0.29) is 17.2 Å². The molecule has 0 aromatic heterocycles. The van der Waals surface area contributed by atoms with Gasteiger partial charge in [-0.3, -0.25) is 9.59 Å². The van der Waals surface area contributed by atoms with Crippen molar-refractivity contribution in [1.82, 2.24) is 5.32 Å². The van der Waals surface area contributed by atoms with Crippen LogP contribution < -0.4 is 16.4 Å². The number of nitrogens with two attached hydrogens (primary N) is 1. The number of phenols is 1. The fourth-order valence-corrected chi connectivity index (χ4v) is 3.54. The fourth-order valence-electron chi connectivity index (χ4n) is 3.54. The van der Waals surface area contributed by atoms with Crippen LogP contribution in [0.1, 0.15) is 40.0 Å². The molecule has 0 spiro atoms. The average Bonchev–Trinajstić information content (AvgIpc) is 2.83. The van der Waals surface area contributed by atoms with Crippen LogP contribution in [0.4, 0.5) is 5.69 Å². The predicted molar refractivity (Wildman–Crippen MR) is 130 cm³/mol. The molecule has 0 heterocycles. The summed E-state index contributed by atoms with van der Waals surface area (Å²) in [5.41, 5.74) is 7.24. The molecule has 8 heteroatoms. The SMILES string of the molecule is NCCCC[C@H](NC(=O)c1ccccc1)C(=O)Nc1ccc(C(=O)O)c(-c2cccc(O)c2)c1. The van der Waals surface area contributed by atoms with Gasteiger partial charge in [-0.2, -0.15) is 0 Å². The van der Waals surface area contributed by atoms with Crippen LogP contribution in [0.5, 0.6) is 5.75 Å². The number of amides is 2. The maximum atomic E-state index is 13.1. The number of benzene rings is 3. The van der Waals surface area contributed by atoms with Crippen LogP contribution >= 0.6 is 0 Å². The minimum absolute atomic E-state index is 0.00753. The Hall–Kier alpha value is -4.17. The molecule has 3 rings (SSSR count). The maximum Gasteiger partial charge on any atom is 0.336 e. The third-order valence-corrected chi connectivity index (χ3v) is 5.28. The highest BCUT2D eigenvalue weighted by molar-refractivity contribution is 6.02. The third-order valence-electron chi connectivity index (χ3n) is 5.28. The van der Waals surface area contributed by atoms with Gasteiger partial charge in [0.15, 0.2) is 0 Å². The van der Waals surface area contributed by atoms with E-state index in [0.717, 1.165) is 0 Å². The Morgan fingerprint density at radius 3 is 2.35 bits per heavy atom. The molecule has 0 saturated heterocycles. The second kappa shape index (κ2) is 11.6. The van der Waals surface area contributed by atoms with E-state index in [0.29, 0.717) is 48.2 Å². The minimum Gasteiger partial charge on any atom is -0.508 e. The zero-order valence-corrected chi connectivity index (χ0v) is 18.5. The molecule has 3 aromatic rings. The number of phenolic OH excluding ortho intramolecular Hbond substituents is 1. The summed E-state index contributed by atoms with van der Waals surface area (Å²) < 4.78 is 0. The van der Waals surface area contributed by atoms with Gasteiger partial charge in [0.25, 0.3) is 5.91 Å². The second-order valence-electron chi connectivity index (χ2n) is 7.78. The van der Waals surface area contributed by atoms with Crippen molar-refractivity contribution >= 4 is 23.5 Å². The summed E-state index contributed by atoms with van der Waals surface area (Å²) in [6, 6.07) is 18.4. The second-order valence-corrected chi connectivity index (χ2v) is 7.78. The van der Waals surface area contributed by atoms with E-state index in [1.165, 1.54) is 30.3 Å². The lowest BCUT2D eigenvalue weighted by molar-refractivity contribution is -0.118. The summed E-state index contributed by atoms with van der Waals surface area (Å²) in [6.07, 6.45) is 1.75. The molecule has 2 amide bonds. The van der Waals surface area contributed by atoms with Gasteiger partial charge in [0, 0.05) is 11.3 Å². The van der Waals surface area contributed by atoms with Crippen LogP contribution in [0.25, 0.3) is 11.1 Å². The summed E-state index contributed by atoms with van der Waals surface area (Å²) in [5.74, 6) is -1.93. The van der Waals surface area contributed by atoms with Crippen molar-refractivity contribution in [3.8, 4) is 16.9 Å². The largest absolute Gasteiger partial charge is 0.508 e. The molecule has 3 aromatic carbocycles. The van der Waals surface area contributed by atoms with E-state index in [9.17, 15) is 24.6 Å². The van der Waals surface area contributed by atoms with Gasteiger partial charge in [0.05, 0.1) is 5.56 Å². The molecule has 0 aliphatic heterocycles. The predicted octanol–water partition coefficient (Wildman–Crippen LogP) is 3.62. The highest BCUT2D eigenvalue weighted by Gasteiger charge is 2.22. The van der Waals surface area contributed by atoms with Gasteiger partial charge < -0.3 is 26.6 Å². The number of unbranched alkanes of at least 4 members (excludes halogenated alkanes) is 1. The Kier molecular flexibility index (Phi) is 8.37. The lowest BCUT2D eigenvalue weighted by Crippen LogP contribution is -2.43. The van der Waals surface area contributed by atoms with Crippen LogP contribution in [-0.2, 0) is 4.79 Å². The molecule has 0 aliphatic carbocycles. The first-order valence-corrected chi connectivity index (χ1v) is 10.9. The molecule has 0 saturated carbocycles. The molecule has 8 nitrogen and oxygen atoms in total. The van der Waals surface area contributed by atoms with E-state index < -0.39 is 17.9 Å². The molecule has 1 atom stereocenters. The average molecular weight is 462 g/mol. The van der Waals surface area contributed by atoms with Crippen LogP contribution in [0, 0.1) is 0 Å². The summed E-state index contributed by atoms with van der Waals surface area (Å²) in [4.78, 5) is 37.4. The van der Waals surface area contributed by atoms with Crippen molar-refractivity contribution in [2.45, 2.75) is 25.3 Å². The first kappa shape index (κ1) is 24.5. The number of aromatic carboxylic acids is 1. The van der Waals surface area contributed by atoms with Gasteiger partial charge in [-0.15, -0.1) is 0 Å². The van der Waals surface area contributed by atoms with E-state index in [1.54, 1.807) is 42.5 Å². The highest BCUT2D eigenvalue weighted by atomic mass is 16.4. The van der Waals surface area contributed by atoms with Crippen molar-refractivity contribution in [2.24, 2.45) is 5.73 Å². The number of nitrogens with one attached hydrogen (secondary N) is 2. The van der Waals surface area contributed by atoms with Crippen molar-refractivity contribution < 1.29 is 24.6 Å². The van der Waals surface area contributed by atoms with Crippen LogP contribution in [0.15, 0.2) is 72.8 Å². The lowest BCUT2D eigenvalue weighted by Gasteiger charge is -2.19. The zero-order valence-electron chi connectivity index (χ0n) is 18.5. The lowest BCUT2D eigenvalue weighted by atomic mass is 9.98. The zero-order chi connectivity index (χ0) is 24.5. The number of hydrogen-bond acceptors (Lipinski definition) is 5. The topological polar surface area (TPSA) is 142 Å². The molecule has 0 fully saturated rings. The summed E-state index contributed by atoms with van der Waals surface area (Å²) in [7, 11) is 0. The van der Waals surface area contributed by atoms with E-state index >= 15 is 0 Å². The molecule has 0 radical (unpaired) electrons. The van der Waals surface area contributed by atoms with Crippen LogP contribution in [-0.4, -0.2) is 40.6 Å². The van der Waals surface area contributed by atoms with Crippen molar-refractivity contribution in [2.75, 3.05) is 11.9 Å². The number of carbonyl (C=O) groups is 3. The molecule has 0 aliphatic rings. The summed E-state index contributed by atoms with van der Waals surface area (Å²) in [5, 5.41) is 24.9. The fraction of sp³-hybridized carbons (Fsp3) is 0.192. The highest BCUT2D eigenvalue weighted by Crippen LogP contribution is 2.29. The number of carbonyl (C=O) groups excluding carboxylic acids is 2. The van der Waals surface area contributed by atoms with Crippen molar-refractivity contribution in [1.29, 1.82) is 0 Å². The summed E-state index contributed by atoms with van der Waals surface area (Å²) in [6.45, 7) is 0.477. The van der Waals surface area contributed by atoms with Gasteiger partial charge in [-0.25, -0.2) is 4.79 Å². The van der Waals surface area contributed by atoms with E-state index in [1.807, 2.05) is 0 Å². The minimum atomic E-state index is -1.13. The number of carboxylic acids is 1. The number of carboxylic acid groups (broad SMARTS) is 1. The Morgan fingerprint density at radius 2 is 1.68 bits per heavy atom. The first-order valence-electron chi connectivity index (χ1n) is 10.9. The smallest absolute Gasteiger partial charge is 0.336 e. The molecule has 0 unspecified atom stereocenters. The van der Waals surface area contributed by atoms with Gasteiger partial charge >= 0.3 is 5.97 Å². The molecule has 176 valence electrons. The quantitative estimate of drug-likeness (QED) is 0.292. The van der Waals surface area contributed by atoms with Gasteiger partial charge in [0.2, 0.25) is 5.91 Å². The molecular weight excluding hydrogens is 434 g/mol. The van der Waals surface area contributed by atoms with Gasteiger partial charge in [-0.05, 0) is 79.4 Å². The number of rotatable bonds is 10. The van der Waals surface area contributed by atoms with Crippen LogP contribution in [0.3, 0.4) is 0 Å². The Morgan fingerprint density at radius 1 is 0.912 bits per heavy atom. The number of hydrogen-bond donors (Lipinski definition) is 5. The standard InChI is InChI=1S/C26H27N3O5/c27-14-5-4-11-23(29-24(31)17-7-2-1-3-8-17)25(32)28-19-12-13-21(26(33)34)22(16-19)18-9-6-10-20(30)15-18/h1-3,6-10,12-13,15-16,23,30H,4-5,11,14,27H2,(H,28,32)(H,29,31)(H,33,34)/t23-/m0/s1. The number of aromatic hydroxyl groups is 1. The Balaban J connectivity index is 1.84. The summed E-state index contributed by atoms with van der Waals surface area (Å²) >= 11 is 0. The molecular formula is C26H27N3O5. The normalized spacial score (nSPS) is 11.4. The maximum absolute atomic E-state index is 13.1. The van der Waals surface area contributed by atoms with E-state index in [4.69, 9.17) is 5.73 Å². The van der Waals surface area contributed by atoms with E-state index in [2.05, 4.69) is 10.6 Å². The van der Waals surface area contributed by atoms with Crippen molar-refractivity contribution in [3.05, 3.63) is 83.9 Å². The molecule has 6 N–H and O–H groups in total. The molecule has 0 bridgehead atoms.